The van der Waals surface area contributed by atoms with Gasteiger partial charge >= 0.3 is 5.97 Å². The van der Waals surface area contributed by atoms with Gasteiger partial charge in [0.2, 0.25) is 5.91 Å². The van der Waals surface area contributed by atoms with E-state index in [1.165, 1.54) is 0 Å². The SMILES string of the molecule is CCOC(=O)[C@H]1C(=O)N[C@@]23CCCC[C@@H]2[C@@H]1c1cc(OC)ccc1O3. The van der Waals surface area contributed by atoms with E-state index in [0.717, 1.165) is 37.0 Å². The van der Waals surface area contributed by atoms with Crippen molar-refractivity contribution in [2.75, 3.05) is 13.7 Å². The maximum Gasteiger partial charge on any atom is 0.319 e. The monoisotopic (exact) mass is 345 g/mol. The van der Waals surface area contributed by atoms with Crippen molar-refractivity contribution in [3.8, 4) is 11.5 Å². The summed E-state index contributed by atoms with van der Waals surface area (Å²) in [6.07, 6.45) is 3.74. The Labute approximate surface area is 146 Å². The van der Waals surface area contributed by atoms with Crippen molar-refractivity contribution < 1.29 is 23.8 Å². The van der Waals surface area contributed by atoms with Crippen molar-refractivity contribution in [2.24, 2.45) is 11.8 Å². The second kappa shape index (κ2) is 5.93. The van der Waals surface area contributed by atoms with Crippen LogP contribution in [0.4, 0.5) is 0 Å². The number of rotatable bonds is 3. The van der Waals surface area contributed by atoms with Crippen LogP contribution in [0, 0.1) is 11.8 Å². The third-order valence-electron chi connectivity index (χ3n) is 5.73. The van der Waals surface area contributed by atoms with E-state index in [4.69, 9.17) is 14.2 Å². The van der Waals surface area contributed by atoms with Gasteiger partial charge in [-0.1, -0.05) is 6.42 Å². The number of carbonyl (C=O) groups excluding carboxylic acids is 2. The first-order chi connectivity index (χ1) is 12.1. The first-order valence-electron chi connectivity index (χ1n) is 8.95. The lowest BCUT2D eigenvalue weighted by Crippen LogP contribution is -2.69. The number of ether oxygens (including phenoxy) is 3. The Morgan fingerprint density at radius 2 is 2.24 bits per heavy atom. The Hall–Kier alpha value is -2.24. The quantitative estimate of drug-likeness (QED) is 0.672. The lowest BCUT2D eigenvalue weighted by atomic mass is 9.62. The normalized spacial score (nSPS) is 32.6. The number of benzene rings is 1. The maximum atomic E-state index is 12.8. The van der Waals surface area contributed by atoms with E-state index >= 15 is 0 Å². The fourth-order valence-electron chi connectivity index (χ4n) is 4.71. The molecule has 0 spiro atoms. The number of piperidine rings is 1. The van der Waals surface area contributed by atoms with Crippen molar-refractivity contribution in [1.29, 1.82) is 0 Å². The molecule has 3 aliphatic rings. The number of hydrogen-bond donors (Lipinski definition) is 1. The molecule has 0 unspecified atom stereocenters. The van der Waals surface area contributed by atoms with Crippen LogP contribution in [0.25, 0.3) is 0 Å². The third kappa shape index (κ3) is 2.38. The Morgan fingerprint density at radius 1 is 1.40 bits per heavy atom. The molecule has 1 saturated carbocycles. The molecule has 1 amide bonds. The Morgan fingerprint density at radius 3 is 3.00 bits per heavy atom. The summed E-state index contributed by atoms with van der Waals surface area (Å²) in [4.78, 5) is 25.4. The fourth-order valence-corrected chi connectivity index (χ4v) is 4.71. The van der Waals surface area contributed by atoms with Gasteiger partial charge in [0.15, 0.2) is 5.72 Å². The summed E-state index contributed by atoms with van der Waals surface area (Å²) in [7, 11) is 1.60. The van der Waals surface area contributed by atoms with Gasteiger partial charge in [0, 0.05) is 23.8 Å². The summed E-state index contributed by atoms with van der Waals surface area (Å²) in [6, 6.07) is 5.60. The summed E-state index contributed by atoms with van der Waals surface area (Å²) in [5.41, 5.74) is 0.166. The highest BCUT2D eigenvalue weighted by atomic mass is 16.5. The average molecular weight is 345 g/mol. The van der Waals surface area contributed by atoms with E-state index in [2.05, 4.69) is 5.32 Å². The summed E-state index contributed by atoms with van der Waals surface area (Å²) in [6.45, 7) is 2.01. The van der Waals surface area contributed by atoms with Gasteiger partial charge < -0.3 is 19.5 Å². The minimum Gasteiger partial charge on any atom is -0.497 e. The zero-order valence-electron chi connectivity index (χ0n) is 14.5. The first kappa shape index (κ1) is 16.2. The largest absolute Gasteiger partial charge is 0.497 e. The van der Waals surface area contributed by atoms with Crippen LogP contribution < -0.4 is 14.8 Å². The number of fused-ring (bicyclic) bond motifs is 2. The van der Waals surface area contributed by atoms with Gasteiger partial charge in [-0.2, -0.15) is 0 Å². The third-order valence-corrected chi connectivity index (χ3v) is 5.73. The molecule has 1 aromatic carbocycles. The number of nitrogens with one attached hydrogen (secondary N) is 1. The van der Waals surface area contributed by atoms with Gasteiger partial charge in [0.25, 0.3) is 0 Å². The van der Waals surface area contributed by atoms with Gasteiger partial charge in [-0.05, 0) is 38.0 Å². The molecule has 1 aromatic rings. The molecule has 4 atom stereocenters. The van der Waals surface area contributed by atoms with Crippen LogP contribution in [0.1, 0.15) is 44.1 Å². The zero-order chi connectivity index (χ0) is 17.6. The Bertz CT molecular complexity index is 718. The van der Waals surface area contributed by atoms with E-state index < -0.39 is 17.6 Å². The van der Waals surface area contributed by atoms with E-state index in [1.807, 2.05) is 18.2 Å². The summed E-state index contributed by atoms with van der Waals surface area (Å²) in [5.74, 6) is -0.363. The molecule has 4 rings (SSSR count). The molecule has 1 N–H and O–H groups in total. The molecule has 2 heterocycles. The van der Waals surface area contributed by atoms with E-state index in [9.17, 15) is 9.59 Å². The smallest absolute Gasteiger partial charge is 0.319 e. The number of carbonyl (C=O) groups is 2. The second-order valence-electron chi connectivity index (χ2n) is 6.99. The van der Waals surface area contributed by atoms with Crippen molar-refractivity contribution in [3.05, 3.63) is 23.8 Å². The number of methoxy groups -OCH3 is 1. The van der Waals surface area contributed by atoms with Crippen LogP contribution in [0.5, 0.6) is 11.5 Å². The van der Waals surface area contributed by atoms with Gasteiger partial charge in [-0.3, -0.25) is 9.59 Å². The summed E-state index contributed by atoms with van der Waals surface area (Å²) < 4.78 is 16.9. The maximum absolute atomic E-state index is 12.8. The summed E-state index contributed by atoms with van der Waals surface area (Å²) in [5, 5.41) is 3.03. The van der Waals surface area contributed by atoms with Gasteiger partial charge in [-0.15, -0.1) is 0 Å². The van der Waals surface area contributed by atoms with Gasteiger partial charge in [0.1, 0.15) is 17.4 Å². The van der Waals surface area contributed by atoms with Crippen LogP contribution in [-0.4, -0.2) is 31.3 Å². The van der Waals surface area contributed by atoms with Crippen LogP contribution in [0.3, 0.4) is 0 Å². The average Bonchev–Trinajstić information content (AvgIpc) is 2.60. The molecular formula is C19H23NO5. The highest BCUT2D eigenvalue weighted by Gasteiger charge is 2.61. The zero-order valence-corrected chi connectivity index (χ0v) is 14.5. The molecule has 6 nitrogen and oxygen atoms in total. The Kier molecular flexibility index (Phi) is 3.85. The number of esters is 1. The van der Waals surface area contributed by atoms with Crippen LogP contribution in [-0.2, 0) is 14.3 Å². The van der Waals surface area contributed by atoms with E-state index in [0.29, 0.717) is 5.75 Å². The van der Waals surface area contributed by atoms with Crippen LogP contribution in [0.15, 0.2) is 18.2 Å². The van der Waals surface area contributed by atoms with Crippen molar-refractivity contribution in [2.45, 2.75) is 44.2 Å². The first-order valence-corrected chi connectivity index (χ1v) is 8.95. The molecule has 0 radical (unpaired) electrons. The molecule has 0 aromatic heterocycles. The van der Waals surface area contributed by atoms with Crippen molar-refractivity contribution in [1.82, 2.24) is 5.32 Å². The highest BCUT2D eigenvalue weighted by Crippen LogP contribution is 2.56. The standard InChI is InChI=1S/C19H23NO5/c1-3-24-18(22)16-15-12-10-11(23-2)7-8-14(12)25-19(20-17(16)21)9-5-4-6-13(15)19/h7-8,10,13,15-16H,3-6,9H2,1-2H3,(H,20,21)/t13-,15+,16-,19-/m1/s1. The van der Waals surface area contributed by atoms with Gasteiger partial charge in [-0.25, -0.2) is 0 Å². The predicted molar refractivity (Wildman–Crippen MR) is 89.3 cm³/mol. The fraction of sp³-hybridized carbons (Fsp3) is 0.579. The molecule has 2 bridgehead atoms. The Balaban J connectivity index is 1.86. The minimum atomic E-state index is -0.842. The lowest BCUT2D eigenvalue weighted by Gasteiger charge is -2.55. The van der Waals surface area contributed by atoms with Crippen molar-refractivity contribution >= 4 is 11.9 Å². The van der Waals surface area contributed by atoms with Crippen LogP contribution in [0.2, 0.25) is 0 Å². The molecule has 2 fully saturated rings. The number of amides is 1. The second-order valence-corrected chi connectivity index (χ2v) is 6.99. The summed E-state index contributed by atoms with van der Waals surface area (Å²) >= 11 is 0. The lowest BCUT2D eigenvalue weighted by molar-refractivity contribution is -0.171. The minimum absolute atomic E-state index is 0.0629. The molecule has 2 aliphatic heterocycles. The molecular weight excluding hydrogens is 322 g/mol. The molecule has 1 saturated heterocycles. The topological polar surface area (TPSA) is 73.9 Å². The van der Waals surface area contributed by atoms with Gasteiger partial charge in [0.05, 0.1) is 13.7 Å². The van der Waals surface area contributed by atoms with E-state index in [1.54, 1.807) is 14.0 Å². The molecule has 25 heavy (non-hydrogen) atoms. The molecule has 6 heteroatoms. The van der Waals surface area contributed by atoms with Crippen LogP contribution >= 0.6 is 0 Å². The van der Waals surface area contributed by atoms with Crippen molar-refractivity contribution in [3.63, 3.8) is 0 Å². The predicted octanol–water partition coefficient (Wildman–Crippen LogP) is 2.37. The molecule has 134 valence electrons. The number of hydrogen-bond acceptors (Lipinski definition) is 5. The highest BCUT2D eigenvalue weighted by molar-refractivity contribution is 6.00. The molecule has 1 aliphatic carbocycles. The van der Waals surface area contributed by atoms with E-state index in [-0.39, 0.29) is 24.3 Å².